The Hall–Kier alpha value is -2.08. The Morgan fingerprint density at radius 1 is 1.21 bits per heavy atom. The number of benzene rings is 1. The maximum atomic E-state index is 12.4. The van der Waals surface area contributed by atoms with Crippen molar-refractivity contribution in [3.8, 4) is 11.5 Å². The predicted octanol–water partition coefficient (Wildman–Crippen LogP) is 4.05. The topological polar surface area (TPSA) is 60.5 Å². The van der Waals surface area contributed by atoms with Crippen LogP contribution in [0.4, 0.5) is 0 Å². The molecule has 0 aliphatic rings. The number of carbonyl (C=O) groups excluding carboxylic acids is 1. The zero-order valence-electron chi connectivity index (χ0n) is 14.8. The molecule has 0 saturated heterocycles. The van der Waals surface area contributed by atoms with Crippen LogP contribution in [0.3, 0.4) is 0 Å². The van der Waals surface area contributed by atoms with Gasteiger partial charge in [-0.15, -0.1) is 11.3 Å². The van der Waals surface area contributed by atoms with Crippen molar-refractivity contribution in [2.24, 2.45) is 0 Å². The average Bonchev–Trinajstić information content (AvgIpc) is 2.88. The van der Waals surface area contributed by atoms with Gasteiger partial charge in [0.1, 0.15) is 4.88 Å². The first-order valence-electron chi connectivity index (χ1n) is 8.10. The minimum Gasteiger partial charge on any atom is -0.490 e. The summed E-state index contributed by atoms with van der Waals surface area (Å²) < 4.78 is 11.2. The van der Waals surface area contributed by atoms with Crippen molar-refractivity contribution in [3.05, 3.63) is 39.3 Å². The Kier molecular flexibility index (Phi) is 6.20. The summed E-state index contributed by atoms with van der Waals surface area (Å²) in [5.74, 6) is 1.32. The van der Waals surface area contributed by atoms with E-state index < -0.39 is 0 Å². The second-order valence-electron chi connectivity index (χ2n) is 5.41. The van der Waals surface area contributed by atoms with E-state index in [1.165, 1.54) is 11.3 Å². The molecule has 1 heterocycles. The molecule has 0 radical (unpaired) electrons. The number of hydrogen-bond donors (Lipinski definition) is 1. The van der Waals surface area contributed by atoms with Gasteiger partial charge in [-0.05, 0) is 52.3 Å². The smallest absolute Gasteiger partial charge is 0.263 e. The van der Waals surface area contributed by atoms with E-state index in [-0.39, 0.29) is 11.9 Å². The summed E-state index contributed by atoms with van der Waals surface area (Å²) in [6, 6.07) is 5.61. The van der Waals surface area contributed by atoms with Crippen LogP contribution in [0.15, 0.2) is 18.2 Å². The predicted molar refractivity (Wildman–Crippen MR) is 96.2 cm³/mol. The quantitative estimate of drug-likeness (QED) is 0.820. The molecule has 5 nitrogen and oxygen atoms in total. The fourth-order valence-corrected chi connectivity index (χ4v) is 3.25. The van der Waals surface area contributed by atoms with Crippen molar-refractivity contribution >= 4 is 17.2 Å². The van der Waals surface area contributed by atoms with E-state index >= 15 is 0 Å². The van der Waals surface area contributed by atoms with Crippen LogP contribution in [0.1, 0.15) is 52.7 Å². The lowest BCUT2D eigenvalue weighted by Crippen LogP contribution is -2.26. The van der Waals surface area contributed by atoms with Crippen molar-refractivity contribution in [1.29, 1.82) is 0 Å². The molecule has 1 unspecified atom stereocenters. The third kappa shape index (κ3) is 4.26. The summed E-state index contributed by atoms with van der Waals surface area (Å²) in [4.78, 5) is 17.4. The van der Waals surface area contributed by atoms with E-state index in [9.17, 15) is 4.79 Å². The van der Waals surface area contributed by atoms with Gasteiger partial charge in [-0.1, -0.05) is 6.07 Å². The minimum atomic E-state index is -0.144. The normalized spacial score (nSPS) is 11.9. The van der Waals surface area contributed by atoms with Crippen molar-refractivity contribution in [2.45, 2.75) is 40.7 Å². The fourth-order valence-electron chi connectivity index (χ4n) is 2.42. The third-order valence-corrected chi connectivity index (χ3v) is 4.60. The zero-order chi connectivity index (χ0) is 17.7. The zero-order valence-corrected chi connectivity index (χ0v) is 15.6. The van der Waals surface area contributed by atoms with E-state index in [0.717, 1.165) is 22.0 Å². The molecule has 1 aromatic carbocycles. The molecule has 0 aliphatic heterocycles. The number of nitrogens with one attached hydrogen (secondary N) is 1. The Balaban J connectivity index is 2.16. The molecule has 2 aromatic rings. The van der Waals surface area contributed by atoms with Crippen LogP contribution < -0.4 is 14.8 Å². The standard InChI is InChI=1S/C18H24N2O3S/c1-6-22-15-9-8-14(10-16(15)23-7-2)11(3)20-18(21)17-12(4)19-13(5)24-17/h8-11H,6-7H2,1-5H3,(H,20,21). The molecule has 0 bridgehead atoms. The lowest BCUT2D eigenvalue weighted by molar-refractivity contribution is 0.0943. The number of carbonyl (C=O) groups is 1. The maximum Gasteiger partial charge on any atom is 0.263 e. The summed E-state index contributed by atoms with van der Waals surface area (Å²) in [6.07, 6.45) is 0. The molecule has 6 heteroatoms. The number of nitrogens with zero attached hydrogens (tertiary/aromatic N) is 1. The maximum absolute atomic E-state index is 12.4. The third-order valence-electron chi connectivity index (χ3n) is 3.52. The first kappa shape index (κ1) is 18.3. The van der Waals surface area contributed by atoms with Crippen molar-refractivity contribution < 1.29 is 14.3 Å². The number of rotatable bonds is 7. The van der Waals surface area contributed by atoms with Crippen LogP contribution in [-0.4, -0.2) is 24.1 Å². The van der Waals surface area contributed by atoms with E-state index in [4.69, 9.17) is 9.47 Å². The number of thiazole rings is 1. The van der Waals surface area contributed by atoms with Gasteiger partial charge in [-0.2, -0.15) is 0 Å². The van der Waals surface area contributed by atoms with Gasteiger partial charge in [-0.3, -0.25) is 4.79 Å². The largest absolute Gasteiger partial charge is 0.490 e. The van der Waals surface area contributed by atoms with E-state index in [1.54, 1.807) is 0 Å². The molecule has 0 spiro atoms. The fraction of sp³-hybridized carbons (Fsp3) is 0.444. The van der Waals surface area contributed by atoms with Gasteiger partial charge in [0.15, 0.2) is 11.5 Å². The van der Waals surface area contributed by atoms with Crippen molar-refractivity contribution in [3.63, 3.8) is 0 Å². The molecule has 0 aliphatic carbocycles. The van der Waals surface area contributed by atoms with Gasteiger partial charge in [0.25, 0.3) is 5.91 Å². The SMILES string of the molecule is CCOc1ccc(C(C)NC(=O)c2sc(C)nc2C)cc1OCC. The molecular formula is C18H24N2O3S. The highest BCUT2D eigenvalue weighted by atomic mass is 32.1. The number of aryl methyl sites for hydroxylation is 2. The summed E-state index contributed by atoms with van der Waals surface area (Å²) in [5.41, 5.74) is 1.73. The number of amides is 1. The van der Waals surface area contributed by atoms with Crippen LogP contribution in [-0.2, 0) is 0 Å². The number of hydrogen-bond acceptors (Lipinski definition) is 5. The van der Waals surface area contributed by atoms with Gasteiger partial charge in [0, 0.05) is 0 Å². The van der Waals surface area contributed by atoms with Crippen LogP contribution in [0.5, 0.6) is 11.5 Å². The highest BCUT2D eigenvalue weighted by molar-refractivity contribution is 7.13. The van der Waals surface area contributed by atoms with Gasteiger partial charge >= 0.3 is 0 Å². The molecule has 1 atom stereocenters. The van der Waals surface area contributed by atoms with Gasteiger partial charge in [-0.25, -0.2) is 4.98 Å². The average molecular weight is 348 g/mol. The van der Waals surface area contributed by atoms with E-state index in [2.05, 4.69) is 10.3 Å². The Morgan fingerprint density at radius 3 is 2.46 bits per heavy atom. The number of ether oxygens (including phenoxy) is 2. The lowest BCUT2D eigenvalue weighted by atomic mass is 10.1. The molecule has 0 fully saturated rings. The van der Waals surface area contributed by atoms with Crippen LogP contribution in [0.25, 0.3) is 0 Å². The molecule has 24 heavy (non-hydrogen) atoms. The summed E-state index contributed by atoms with van der Waals surface area (Å²) in [5, 5.41) is 3.92. The Bertz CT molecular complexity index is 712. The molecule has 1 N–H and O–H groups in total. The van der Waals surface area contributed by atoms with Crippen LogP contribution >= 0.6 is 11.3 Å². The Labute approximate surface area is 147 Å². The minimum absolute atomic E-state index is 0.0996. The number of aromatic nitrogens is 1. The molecular weight excluding hydrogens is 324 g/mol. The van der Waals surface area contributed by atoms with Gasteiger partial charge in [0.2, 0.25) is 0 Å². The molecule has 2 rings (SSSR count). The van der Waals surface area contributed by atoms with Crippen LogP contribution in [0.2, 0.25) is 0 Å². The van der Waals surface area contributed by atoms with Crippen molar-refractivity contribution in [2.75, 3.05) is 13.2 Å². The van der Waals surface area contributed by atoms with Gasteiger partial charge < -0.3 is 14.8 Å². The molecule has 1 aromatic heterocycles. The first-order chi connectivity index (χ1) is 11.5. The van der Waals surface area contributed by atoms with Crippen LogP contribution in [0, 0.1) is 13.8 Å². The summed E-state index contributed by atoms with van der Waals surface area (Å²) in [7, 11) is 0. The molecule has 0 saturated carbocycles. The van der Waals surface area contributed by atoms with Crippen molar-refractivity contribution in [1.82, 2.24) is 10.3 Å². The monoisotopic (exact) mass is 348 g/mol. The molecule has 130 valence electrons. The van der Waals surface area contributed by atoms with Gasteiger partial charge in [0.05, 0.1) is 30.0 Å². The molecule has 1 amide bonds. The van der Waals surface area contributed by atoms with E-state index in [1.807, 2.05) is 52.8 Å². The lowest BCUT2D eigenvalue weighted by Gasteiger charge is -2.17. The highest BCUT2D eigenvalue weighted by Gasteiger charge is 2.18. The first-order valence-corrected chi connectivity index (χ1v) is 8.92. The second kappa shape index (κ2) is 8.15. The van der Waals surface area contributed by atoms with E-state index in [0.29, 0.717) is 23.8 Å². The second-order valence-corrected chi connectivity index (χ2v) is 6.62. The summed E-state index contributed by atoms with van der Waals surface area (Å²) in [6.45, 7) is 10.7. The summed E-state index contributed by atoms with van der Waals surface area (Å²) >= 11 is 1.41. The Morgan fingerprint density at radius 2 is 1.88 bits per heavy atom. The highest BCUT2D eigenvalue weighted by Crippen LogP contribution is 2.31.